The Hall–Kier alpha value is -4.08. The number of carbonyl (C=O) groups excluding carboxylic acids is 1. The van der Waals surface area contributed by atoms with Crippen molar-refractivity contribution in [2.75, 3.05) is 0 Å². The summed E-state index contributed by atoms with van der Waals surface area (Å²) < 4.78 is 34.0. The molecule has 4 atom stereocenters. The summed E-state index contributed by atoms with van der Waals surface area (Å²) in [5.41, 5.74) is 4.38. The highest BCUT2D eigenvalue weighted by Crippen LogP contribution is 2.70. The number of aromatic nitrogens is 3. The topological polar surface area (TPSA) is 111 Å². The van der Waals surface area contributed by atoms with Crippen molar-refractivity contribution in [2.45, 2.75) is 68.9 Å². The normalized spacial score (nSPS) is 26.0. The van der Waals surface area contributed by atoms with E-state index >= 15 is 0 Å². The van der Waals surface area contributed by atoms with Gasteiger partial charge in [-0.2, -0.15) is 8.42 Å². The summed E-state index contributed by atoms with van der Waals surface area (Å²) in [5.74, 6) is -0.435. The number of carbonyl (C=O) groups is 1. The van der Waals surface area contributed by atoms with E-state index in [1.54, 1.807) is 22.9 Å². The number of hydrogen-bond acceptors (Lipinski definition) is 7. The van der Waals surface area contributed by atoms with Crippen molar-refractivity contribution >= 4 is 15.9 Å². The van der Waals surface area contributed by atoms with Gasteiger partial charge in [0.2, 0.25) is 0 Å². The lowest BCUT2D eigenvalue weighted by atomic mass is 9.62. The van der Waals surface area contributed by atoms with Gasteiger partial charge in [0.05, 0.1) is 23.8 Å². The highest BCUT2D eigenvalue weighted by molar-refractivity contribution is 7.87. The highest BCUT2D eigenvalue weighted by atomic mass is 32.2. The summed E-state index contributed by atoms with van der Waals surface area (Å²) in [6, 6.07) is 18.1. The molecule has 2 saturated carbocycles. The van der Waals surface area contributed by atoms with Crippen LogP contribution in [0.15, 0.2) is 83.9 Å². The first-order valence-electron chi connectivity index (χ1n) is 14.5. The van der Waals surface area contributed by atoms with E-state index in [1.165, 1.54) is 12.1 Å². The summed E-state index contributed by atoms with van der Waals surface area (Å²) in [6.45, 7) is 10.1. The average Bonchev–Trinajstić information content (AvgIpc) is 3.59. The van der Waals surface area contributed by atoms with Gasteiger partial charge in [0, 0.05) is 17.1 Å². The van der Waals surface area contributed by atoms with Crippen LogP contribution >= 0.6 is 0 Å². The molecule has 2 fully saturated rings. The number of nitrogens with zero attached hydrogens (tertiary/aromatic N) is 3. The standard InChI is InChI=1S/C34H33N3O5S/c1-20-5-9-24(10-6-20)29-18-37(36-35-29)17-28-31-22(3)30(42-43(40,41)25-11-7-21(2)8-12-25)14-13-26(31)27-15-16-33(39)19-34(27,28)32(38)23(33)4/h5-14,18,27-28,39H,4,15-17,19H2,1-3H3/t27-,28-,33-,34+/m0/s1. The maximum atomic E-state index is 14.1. The minimum absolute atomic E-state index is 0.0698. The van der Waals surface area contributed by atoms with Crippen LogP contribution in [0.2, 0.25) is 0 Å². The Kier molecular flexibility index (Phi) is 6.10. The molecule has 9 heteroatoms. The van der Waals surface area contributed by atoms with Crippen molar-refractivity contribution in [3.8, 4) is 17.0 Å². The zero-order chi connectivity index (χ0) is 30.3. The molecular weight excluding hydrogens is 562 g/mol. The predicted molar refractivity (Wildman–Crippen MR) is 161 cm³/mol. The van der Waals surface area contributed by atoms with E-state index in [9.17, 15) is 18.3 Å². The molecule has 1 N–H and O–H groups in total. The fraction of sp³-hybridized carbons (Fsp3) is 0.324. The van der Waals surface area contributed by atoms with E-state index in [0.717, 1.165) is 27.8 Å². The van der Waals surface area contributed by atoms with Crippen LogP contribution in [0.3, 0.4) is 0 Å². The van der Waals surface area contributed by atoms with E-state index in [2.05, 4.69) is 16.9 Å². The number of ketones is 1. The number of benzene rings is 3. The SMILES string of the molecule is C=C1C(=O)[C@]23C[C@@]1(O)CC[C@H]2c1ccc(OS(=O)(=O)c2ccc(C)cc2)c(C)c1[C@@H]3Cn1cc(-c2ccc(C)cc2)nn1. The third-order valence-corrected chi connectivity index (χ3v) is 11.2. The summed E-state index contributed by atoms with van der Waals surface area (Å²) in [6.07, 6.45) is 3.22. The van der Waals surface area contributed by atoms with Crippen LogP contribution in [0.5, 0.6) is 5.75 Å². The van der Waals surface area contributed by atoms with Crippen molar-refractivity contribution in [1.82, 2.24) is 15.0 Å². The van der Waals surface area contributed by atoms with Crippen molar-refractivity contribution in [3.63, 3.8) is 0 Å². The van der Waals surface area contributed by atoms with Gasteiger partial charge in [0.1, 0.15) is 16.3 Å². The van der Waals surface area contributed by atoms with Crippen molar-refractivity contribution in [2.24, 2.45) is 5.41 Å². The van der Waals surface area contributed by atoms with Crippen LogP contribution < -0.4 is 4.18 Å². The van der Waals surface area contributed by atoms with Crippen molar-refractivity contribution in [3.05, 3.63) is 107 Å². The summed E-state index contributed by atoms with van der Waals surface area (Å²) in [5, 5.41) is 20.3. The van der Waals surface area contributed by atoms with E-state index in [1.807, 2.05) is 57.3 Å². The molecule has 220 valence electrons. The van der Waals surface area contributed by atoms with Gasteiger partial charge in [0.15, 0.2) is 5.78 Å². The van der Waals surface area contributed by atoms with Gasteiger partial charge in [0.25, 0.3) is 0 Å². The van der Waals surface area contributed by atoms with Gasteiger partial charge >= 0.3 is 10.1 Å². The lowest BCUT2D eigenvalue weighted by molar-refractivity contribution is -0.126. The van der Waals surface area contributed by atoms with Crippen LogP contribution in [-0.4, -0.2) is 39.9 Å². The van der Waals surface area contributed by atoms with E-state index in [0.29, 0.717) is 30.6 Å². The molecule has 2 bridgehead atoms. The van der Waals surface area contributed by atoms with Crippen LogP contribution in [0.1, 0.15) is 58.9 Å². The number of fused-ring (bicyclic) bond motifs is 3. The minimum atomic E-state index is -4.09. The van der Waals surface area contributed by atoms with Gasteiger partial charge in [-0.15, -0.1) is 5.10 Å². The van der Waals surface area contributed by atoms with Crippen LogP contribution in [-0.2, 0) is 21.5 Å². The second kappa shape index (κ2) is 9.46. The third-order valence-electron chi connectivity index (χ3n) is 9.92. The van der Waals surface area contributed by atoms with E-state index in [-0.39, 0.29) is 34.3 Å². The second-order valence-electron chi connectivity index (χ2n) is 12.4. The molecule has 0 amide bonds. The molecule has 3 aromatic carbocycles. The molecule has 0 unspecified atom stereocenters. The lowest BCUT2D eigenvalue weighted by Crippen LogP contribution is -2.41. The largest absolute Gasteiger partial charge is 0.385 e. The van der Waals surface area contributed by atoms with Gasteiger partial charge in [-0.1, -0.05) is 65.4 Å². The van der Waals surface area contributed by atoms with Crippen LogP contribution in [0, 0.1) is 26.2 Å². The Morgan fingerprint density at radius 1 is 1.02 bits per heavy atom. The minimum Gasteiger partial charge on any atom is -0.385 e. The summed E-state index contributed by atoms with van der Waals surface area (Å²) in [4.78, 5) is 14.2. The molecule has 0 radical (unpaired) electrons. The Morgan fingerprint density at radius 2 is 1.70 bits per heavy atom. The first-order chi connectivity index (χ1) is 20.4. The average molecular weight is 596 g/mol. The maximum Gasteiger partial charge on any atom is 0.339 e. The molecule has 43 heavy (non-hydrogen) atoms. The molecule has 1 spiro atoms. The number of aryl methyl sites for hydroxylation is 2. The quantitative estimate of drug-likeness (QED) is 0.230. The Labute approximate surface area is 251 Å². The molecule has 0 aliphatic heterocycles. The Bertz CT molecular complexity index is 1910. The number of rotatable bonds is 6. The molecule has 3 aliphatic carbocycles. The summed E-state index contributed by atoms with van der Waals surface area (Å²) >= 11 is 0. The van der Waals surface area contributed by atoms with Gasteiger partial charge in [-0.05, 0) is 80.8 Å². The zero-order valence-electron chi connectivity index (χ0n) is 24.4. The molecule has 1 heterocycles. The predicted octanol–water partition coefficient (Wildman–Crippen LogP) is 5.56. The third kappa shape index (κ3) is 4.12. The first-order valence-corrected chi connectivity index (χ1v) is 15.9. The van der Waals surface area contributed by atoms with E-state index in [4.69, 9.17) is 4.18 Å². The molecule has 7 rings (SSSR count). The zero-order valence-corrected chi connectivity index (χ0v) is 25.2. The lowest BCUT2D eigenvalue weighted by Gasteiger charge is -2.41. The molecule has 8 nitrogen and oxygen atoms in total. The van der Waals surface area contributed by atoms with Crippen LogP contribution in [0.4, 0.5) is 0 Å². The number of Topliss-reactive ketones (excluding diaryl/α,β-unsaturated/α-hetero) is 1. The number of aliphatic hydroxyl groups is 1. The first kappa shape index (κ1) is 27.7. The fourth-order valence-corrected chi connectivity index (χ4v) is 8.66. The fourth-order valence-electron chi connectivity index (χ4n) is 7.68. The highest BCUT2D eigenvalue weighted by Gasteiger charge is 2.69. The van der Waals surface area contributed by atoms with Gasteiger partial charge in [-0.25, -0.2) is 0 Å². The Morgan fingerprint density at radius 3 is 2.40 bits per heavy atom. The molecule has 4 aromatic rings. The molecular formula is C34H33N3O5S. The van der Waals surface area contributed by atoms with Crippen molar-refractivity contribution < 1.29 is 22.5 Å². The monoisotopic (exact) mass is 595 g/mol. The molecule has 1 aromatic heterocycles. The summed E-state index contributed by atoms with van der Waals surface area (Å²) in [7, 11) is -4.09. The van der Waals surface area contributed by atoms with Crippen LogP contribution in [0.25, 0.3) is 11.3 Å². The maximum absolute atomic E-state index is 14.1. The Balaban J connectivity index is 1.32. The van der Waals surface area contributed by atoms with E-state index < -0.39 is 27.1 Å². The molecule has 0 saturated heterocycles. The smallest absolute Gasteiger partial charge is 0.339 e. The van der Waals surface area contributed by atoms with Gasteiger partial charge in [-0.3, -0.25) is 9.48 Å². The second-order valence-corrected chi connectivity index (χ2v) is 14.0. The molecule has 3 aliphatic rings. The van der Waals surface area contributed by atoms with Crippen molar-refractivity contribution in [1.29, 1.82) is 0 Å². The van der Waals surface area contributed by atoms with Gasteiger partial charge < -0.3 is 9.29 Å². The number of hydrogen-bond donors (Lipinski definition) is 1.